The summed E-state index contributed by atoms with van der Waals surface area (Å²) in [5, 5.41) is 13.6. The maximum absolute atomic E-state index is 12.7. The Hall–Kier alpha value is -2.73. The predicted octanol–water partition coefficient (Wildman–Crippen LogP) is 2.26. The van der Waals surface area contributed by atoms with Crippen molar-refractivity contribution in [2.45, 2.75) is 6.92 Å². The van der Waals surface area contributed by atoms with Crippen LogP contribution in [0.15, 0.2) is 40.9 Å². The van der Waals surface area contributed by atoms with Crippen molar-refractivity contribution in [1.82, 2.24) is 15.0 Å². The fourth-order valence-electron chi connectivity index (χ4n) is 2.48. The molecule has 0 radical (unpaired) electrons. The van der Waals surface area contributed by atoms with Crippen LogP contribution in [0.3, 0.4) is 0 Å². The molecule has 6 heteroatoms. The van der Waals surface area contributed by atoms with Gasteiger partial charge in [0.15, 0.2) is 0 Å². The molecule has 0 bridgehead atoms. The number of aliphatic hydroxyl groups excluding tert-OH is 1. The van der Waals surface area contributed by atoms with Crippen LogP contribution in [0, 0.1) is 6.92 Å². The van der Waals surface area contributed by atoms with E-state index in [2.05, 4.69) is 10.1 Å². The van der Waals surface area contributed by atoms with Crippen LogP contribution in [-0.4, -0.2) is 46.3 Å². The average molecular weight is 311 g/mol. The van der Waals surface area contributed by atoms with Gasteiger partial charge in [-0.05, 0) is 13.0 Å². The van der Waals surface area contributed by atoms with Gasteiger partial charge in [0, 0.05) is 19.2 Å². The van der Waals surface area contributed by atoms with Gasteiger partial charge in [-0.25, -0.2) is 4.98 Å². The molecule has 0 saturated carbocycles. The number of fused-ring (bicyclic) bond motifs is 1. The Labute approximate surface area is 133 Å². The zero-order valence-corrected chi connectivity index (χ0v) is 13.0. The van der Waals surface area contributed by atoms with Gasteiger partial charge in [-0.3, -0.25) is 4.79 Å². The summed E-state index contributed by atoms with van der Waals surface area (Å²) in [5.41, 5.74) is 2.97. The van der Waals surface area contributed by atoms with Gasteiger partial charge in [0.25, 0.3) is 11.6 Å². The minimum absolute atomic E-state index is 0.0926. The standard InChI is InChI=1S/C17H17N3O3/c1-11-15-13(17(22)20(2)8-9-21)10-14(18-16(15)23-19-11)12-6-4-3-5-7-12/h3-7,10,21H,8-9H2,1-2H3. The number of amides is 1. The number of aryl methyl sites for hydroxylation is 1. The van der Waals surface area contributed by atoms with E-state index in [0.29, 0.717) is 28.1 Å². The first kappa shape index (κ1) is 15.2. The molecular weight excluding hydrogens is 294 g/mol. The van der Waals surface area contributed by atoms with Crippen LogP contribution in [0.25, 0.3) is 22.4 Å². The van der Waals surface area contributed by atoms with Crippen LogP contribution in [0.1, 0.15) is 16.1 Å². The topological polar surface area (TPSA) is 79.5 Å². The highest BCUT2D eigenvalue weighted by Crippen LogP contribution is 2.27. The van der Waals surface area contributed by atoms with E-state index in [1.54, 1.807) is 20.0 Å². The fourth-order valence-corrected chi connectivity index (χ4v) is 2.48. The normalized spacial score (nSPS) is 10.9. The highest BCUT2D eigenvalue weighted by Gasteiger charge is 2.21. The van der Waals surface area contributed by atoms with Crippen LogP contribution < -0.4 is 0 Å². The summed E-state index contributed by atoms with van der Waals surface area (Å²) in [7, 11) is 1.65. The Morgan fingerprint density at radius 2 is 2.04 bits per heavy atom. The van der Waals surface area contributed by atoms with Gasteiger partial charge in [-0.1, -0.05) is 35.5 Å². The molecule has 0 unspecified atom stereocenters. The van der Waals surface area contributed by atoms with Gasteiger partial charge in [-0.2, -0.15) is 0 Å². The quantitative estimate of drug-likeness (QED) is 0.799. The Morgan fingerprint density at radius 1 is 1.30 bits per heavy atom. The van der Waals surface area contributed by atoms with Crippen molar-refractivity contribution in [3.05, 3.63) is 47.7 Å². The SMILES string of the molecule is Cc1noc2nc(-c3ccccc3)cc(C(=O)N(C)CCO)c12. The second-order valence-electron chi connectivity index (χ2n) is 5.32. The summed E-state index contributed by atoms with van der Waals surface area (Å²) in [4.78, 5) is 18.6. The smallest absolute Gasteiger partial charge is 0.259 e. The molecule has 1 amide bonds. The third-order valence-corrected chi connectivity index (χ3v) is 3.70. The minimum atomic E-state index is -0.199. The Balaban J connectivity index is 2.18. The molecule has 0 atom stereocenters. The van der Waals surface area contributed by atoms with Crippen molar-refractivity contribution in [2.24, 2.45) is 0 Å². The maximum atomic E-state index is 12.7. The molecule has 0 saturated heterocycles. The molecule has 118 valence electrons. The molecule has 2 heterocycles. The molecule has 1 N–H and O–H groups in total. The Bertz CT molecular complexity index is 843. The lowest BCUT2D eigenvalue weighted by Crippen LogP contribution is -2.29. The number of benzene rings is 1. The largest absolute Gasteiger partial charge is 0.395 e. The minimum Gasteiger partial charge on any atom is -0.395 e. The lowest BCUT2D eigenvalue weighted by atomic mass is 10.0. The van der Waals surface area contributed by atoms with Crippen molar-refractivity contribution in [1.29, 1.82) is 0 Å². The monoisotopic (exact) mass is 311 g/mol. The first-order valence-corrected chi connectivity index (χ1v) is 7.30. The van der Waals surface area contributed by atoms with Crippen LogP contribution >= 0.6 is 0 Å². The summed E-state index contributed by atoms with van der Waals surface area (Å²) < 4.78 is 5.26. The fraction of sp³-hybridized carbons (Fsp3) is 0.235. The molecule has 2 aromatic heterocycles. The molecule has 0 spiro atoms. The van der Waals surface area contributed by atoms with E-state index in [1.807, 2.05) is 30.3 Å². The van der Waals surface area contributed by atoms with E-state index >= 15 is 0 Å². The van der Waals surface area contributed by atoms with E-state index in [4.69, 9.17) is 9.63 Å². The van der Waals surface area contributed by atoms with Crippen molar-refractivity contribution in [3.8, 4) is 11.3 Å². The van der Waals surface area contributed by atoms with Gasteiger partial charge in [0.1, 0.15) is 0 Å². The molecule has 0 aliphatic carbocycles. The number of aromatic nitrogens is 2. The number of likely N-dealkylation sites (N-methyl/N-ethyl adjacent to an activating group) is 1. The molecule has 3 aromatic rings. The van der Waals surface area contributed by atoms with E-state index in [1.165, 1.54) is 4.90 Å². The molecule has 23 heavy (non-hydrogen) atoms. The molecule has 6 nitrogen and oxygen atoms in total. The lowest BCUT2D eigenvalue weighted by molar-refractivity contribution is 0.0769. The van der Waals surface area contributed by atoms with Crippen LogP contribution in [0.5, 0.6) is 0 Å². The number of aliphatic hydroxyl groups is 1. The predicted molar refractivity (Wildman–Crippen MR) is 86.0 cm³/mol. The summed E-state index contributed by atoms with van der Waals surface area (Å²) in [6.07, 6.45) is 0. The summed E-state index contributed by atoms with van der Waals surface area (Å²) in [6.45, 7) is 1.94. The van der Waals surface area contributed by atoms with Gasteiger partial charge in [0.05, 0.1) is 28.9 Å². The zero-order chi connectivity index (χ0) is 16.4. The molecule has 0 aliphatic rings. The second-order valence-corrected chi connectivity index (χ2v) is 5.32. The number of nitrogens with zero attached hydrogens (tertiary/aromatic N) is 3. The van der Waals surface area contributed by atoms with Gasteiger partial charge in [-0.15, -0.1) is 0 Å². The summed E-state index contributed by atoms with van der Waals surface area (Å²) >= 11 is 0. The van der Waals surface area contributed by atoms with Crippen LogP contribution in [-0.2, 0) is 0 Å². The van der Waals surface area contributed by atoms with Gasteiger partial charge < -0.3 is 14.5 Å². The third-order valence-electron chi connectivity index (χ3n) is 3.70. The zero-order valence-electron chi connectivity index (χ0n) is 13.0. The van der Waals surface area contributed by atoms with Crippen molar-refractivity contribution in [2.75, 3.05) is 20.2 Å². The number of rotatable bonds is 4. The van der Waals surface area contributed by atoms with E-state index in [-0.39, 0.29) is 19.1 Å². The Morgan fingerprint density at radius 3 is 2.74 bits per heavy atom. The number of hydrogen-bond acceptors (Lipinski definition) is 5. The highest BCUT2D eigenvalue weighted by atomic mass is 16.5. The molecule has 1 aromatic carbocycles. The number of carbonyl (C=O) groups excluding carboxylic acids is 1. The molecule has 3 rings (SSSR count). The van der Waals surface area contributed by atoms with E-state index < -0.39 is 0 Å². The number of carbonyl (C=O) groups is 1. The number of hydrogen-bond donors (Lipinski definition) is 1. The molecular formula is C17H17N3O3. The first-order valence-electron chi connectivity index (χ1n) is 7.30. The maximum Gasteiger partial charge on any atom is 0.259 e. The van der Waals surface area contributed by atoms with Crippen molar-refractivity contribution >= 4 is 17.0 Å². The first-order chi connectivity index (χ1) is 11.1. The van der Waals surface area contributed by atoms with Crippen LogP contribution in [0.4, 0.5) is 0 Å². The number of pyridine rings is 1. The van der Waals surface area contributed by atoms with Gasteiger partial charge >= 0.3 is 0 Å². The van der Waals surface area contributed by atoms with Crippen molar-refractivity contribution < 1.29 is 14.4 Å². The average Bonchev–Trinajstić information content (AvgIpc) is 2.96. The third kappa shape index (κ3) is 2.80. The van der Waals surface area contributed by atoms with Crippen molar-refractivity contribution in [3.63, 3.8) is 0 Å². The molecule has 0 fully saturated rings. The highest BCUT2D eigenvalue weighted by molar-refractivity contribution is 6.06. The second kappa shape index (κ2) is 6.18. The van der Waals surface area contributed by atoms with E-state index in [9.17, 15) is 4.79 Å². The van der Waals surface area contributed by atoms with Gasteiger partial charge in [0.2, 0.25) is 0 Å². The summed E-state index contributed by atoms with van der Waals surface area (Å²) in [6, 6.07) is 11.3. The van der Waals surface area contributed by atoms with E-state index in [0.717, 1.165) is 5.56 Å². The molecule has 0 aliphatic heterocycles. The summed E-state index contributed by atoms with van der Waals surface area (Å²) in [5.74, 6) is -0.199. The van der Waals surface area contributed by atoms with Crippen LogP contribution in [0.2, 0.25) is 0 Å². The lowest BCUT2D eigenvalue weighted by Gasteiger charge is -2.16. The Kier molecular flexibility index (Phi) is 4.08.